The van der Waals surface area contributed by atoms with Crippen molar-refractivity contribution in [2.75, 3.05) is 25.1 Å². The number of amides is 1. The summed E-state index contributed by atoms with van der Waals surface area (Å²) in [4.78, 5) is 15.0. The van der Waals surface area contributed by atoms with Gasteiger partial charge in [0.1, 0.15) is 0 Å². The van der Waals surface area contributed by atoms with Crippen LogP contribution >= 0.6 is 11.6 Å². The smallest absolute Gasteiger partial charge is 0.238 e. The lowest BCUT2D eigenvalue weighted by Crippen LogP contribution is -2.32. The van der Waals surface area contributed by atoms with Crippen molar-refractivity contribution in [1.82, 2.24) is 4.90 Å². The van der Waals surface area contributed by atoms with E-state index < -0.39 is 0 Å². The van der Waals surface area contributed by atoms with Gasteiger partial charge in [0.05, 0.1) is 30.5 Å². The number of benzene rings is 3. The summed E-state index contributed by atoms with van der Waals surface area (Å²) in [5.74, 6) is 1.07. The Hall–Kier alpha value is -3.02. The first-order valence-electron chi connectivity index (χ1n) is 10.4. The summed E-state index contributed by atoms with van der Waals surface area (Å²) in [5, 5.41) is 3.36. The molecule has 160 valence electrons. The van der Waals surface area contributed by atoms with E-state index in [4.69, 9.17) is 21.1 Å². The van der Waals surface area contributed by atoms with Crippen LogP contribution in [0.25, 0.3) is 0 Å². The minimum absolute atomic E-state index is 0.136. The molecule has 1 N–H and O–H groups in total. The van der Waals surface area contributed by atoms with Crippen LogP contribution in [0.1, 0.15) is 17.5 Å². The van der Waals surface area contributed by atoms with E-state index in [1.165, 1.54) is 0 Å². The number of nitrogens with zero attached hydrogens (tertiary/aromatic N) is 1. The summed E-state index contributed by atoms with van der Waals surface area (Å²) >= 11 is 6.39. The molecule has 1 amide bonds. The van der Waals surface area contributed by atoms with Crippen LogP contribution in [-0.4, -0.2) is 30.6 Å². The summed E-state index contributed by atoms with van der Waals surface area (Å²) in [7, 11) is 0. The zero-order valence-electron chi connectivity index (χ0n) is 17.2. The lowest BCUT2D eigenvalue weighted by molar-refractivity contribution is -0.117. The third-order valence-electron chi connectivity index (χ3n) is 4.98. The summed E-state index contributed by atoms with van der Waals surface area (Å²) in [6, 6.07) is 23.7. The van der Waals surface area contributed by atoms with Crippen molar-refractivity contribution in [1.29, 1.82) is 0 Å². The van der Waals surface area contributed by atoms with Gasteiger partial charge in [-0.1, -0.05) is 72.3 Å². The minimum atomic E-state index is -0.136. The van der Waals surface area contributed by atoms with Gasteiger partial charge >= 0.3 is 0 Å². The number of halogens is 1. The summed E-state index contributed by atoms with van der Waals surface area (Å²) in [5.41, 5.74) is 2.83. The molecule has 0 aliphatic carbocycles. The number of hydrogen-bond donors (Lipinski definition) is 1. The first-order valence-corrected chi connectivity index (χ1v) is 10.7. The Morgan fingerprint density at radius 1 is 0.871 bits per heavy atom. The van der Waals surface area contributed by atoms with Crippen molar-refractivity contribution in [3.8, 4) is 11.5 Å². The highest BCUT2D eigenvalue weighted by Crippen LogP contribution is 2.37. The van der Waals surface area contributed by atoms with Crippen molar-refractivity contribution < 1.29 is 14.3 Å². The van der Waals surface area contributed by atoms with Crippen LogP contribution < -0.4 is 14.8 Å². The maximum atomic E-state index is 12.9. The summed E-state index contributed by atoms with van der Waals surface area (Å²) in [6.45, 7) is 2.72. The molecule has 0 saturated carbocycles. The zero-order valence-corrected chi connectivity index (χ0v) is 18.0. The fraction of sp³-hybridized carbons (Fsp3) is 0.240. The highest BCUT2D eigenvalue weighted by atomic mass is 35.5. The second-order valence-corrected chi connectivity index (χ2v) is 7.90. The van der Waals surface area contributed by atoms with Gasteiger partial charge in [0.15, 0.2) is 11.5 Å². The highest BCUT2D eigenvalue weighted by molar-refractivity contribution is 6.34. The Kier molecular flexibility index (Phi) is 7.07. The molecule has 31 heavy (non-hydrogen) atoms. The largest absolute Gasteiger partial charge is 0.490 e. The van der Waals surface area contributed by atoms with E-state index in [1.54, 1.807) is 12.1 Å². The number of hydrogen-bond acceptors (Lipinski definition) is 4. The molecular weight excluding hydrogens is 412 g/mol. The average Bonchev–Trinajstić information content (AvgIpc) is 3.00. The average molecular weight is 437 g/mol. The van der Waals surface area contributed by atoms with E-state index in [9.17, 15) is 4.79 Å². The van der Waals surface area contributed by atoms with Gasteiger partial charge in [-0.05, 0) is 11.1 Å². The molecule has 1 aliphatic rings. The summed E-state index contributed by atoms with van der Waals surface area (Å²) < 4.78 is 11.4. The van der Waals surface area contributed by atoms with Gasteiger partial charge in [0, 0.05) is 31.6 Å². The molecule has 0 saturated heterocycles. The maximum absolute atomic E-state index is 12.9. The van der Waals surface area contributed by atoms with Gasteiger partial charge in [-0.25, -0.2) is 0 Å². The van der Waals surface area contributed by atoms with Crippen LogP contribution in [-0.2, 0) is 17.9 Å². The molecular formula is C25H25ClN2O3. The molecule has 5 nitrogen and oxygen atoms in total. The van der Waals surface area contributed by atoms with Crippen LogP contribution in [0.15, 0.2) is 72.8 Å². The van der Waals surface area contributed by atoms with Crippen LogP contribution in [0.2, 0.25) is 5.02 Å². The Bertz CT molecular complexity index is 971. The lowest BCUT2D eigenvalue weighted by Gasteiger charge is -2.22. The molecule has 0 atom stereocenters. The van der Waals surface area contributed by atoms with E-state index in [1.807, 2.05) is 36.4 Å². The monoisotopic (exact) mass is 436 g/mol. The van der Waals surface area contributed by atoms with Crippen LogP contribution in [0.3, 0.4) is 0 Å². The van der Waals surface area contributed by atoms with E-state index in [0.717, 1.165) is 17.5 Å². The first-order chi connectivity index (χ1) is 15.2. The molecule has 3 aromatic rings. The third kappa shape index (κ3) is 6.00. The molecule has 0 radical (unpaired) electrons. The Morgan fingerprint density at radius 2 is 1.42 bits per heavy atom. The van der Waals surface area contributed by atoms with Crippen molar-refractivity contribution in [3.05, 3.63) is 88.9 Å². The first kappa shape index (κ1) is 21.2. The molecule has 3 aromatic carbocycles. The number of carbonyl (C=O) groups excluding carboxylic acids is 1. The molecule has 1 heterocycles. The molecule has 0 spiro atoms. The topological polar surface area (TPSA) is 50.8 Å². The molecule has 1 aliphatic heterocycles. The molecule has 6 heteroatoms. The molecule has 4 rings (SSSR count). The zero-order chi connectivity index (χ0) is 21.5. The van der Waals surface area contributed by atoms with Gasteiger partial charge in [0.2, 0.25) is 5.91 Å². The summed E-state index contributed by atoms with van der Waals surface area (Å²) in [6.07, 6.45) is 0.807. The minimum Gasteiger partial charge on any atom is -0.490 e. The van der Waals surface area contributed by atoms with E-state index >= 15 is 0 Å². The maximum Gasteiger partial charge on any atom is 0.238 e. The van der Waals surface area contributed by atoms with Crippen molar-refractivity contribution in [2.24, 2.45) is 0 Å². The number of carbonyl (C=O) groups is 1. The SMILES string of the molecule is O=C(CN(Cc1ccccc1)Cc1ccccc1)Nc1cc2c(cc1Cl)OCCCO2. The quantitative estimate of drug-likeness (QED) is 0.557. The third-order valence-corrected chi connectivity index (χ3v) is 5.29. The van der Waals surface area contributed by atoms with Gasteiger partial charge < -0.3 is 14.8 Å². The van der Waals surface area contributed by atoms with Crippen LogP contribution in [0.4, 0.5) is 5.69 Å². The van der Waals surface area contributed by atoms with Gasteiger partial charge in [-0.3, -0.25) is 9.69 Å². The fourth-order valence-electron chi connectivity index (χ4n) is 3.52. The predicted molar refractivity (Wildman–Crippen MR) is 123 cm³/mol. The van der Waals surface area contributed by atoms with Gasteiger partial charge in [-0.2, -0.15) is 0 Å². The normalized spacial score (nSPS) is 13.0. The van der Waals surface area contributed by atoms with E-state index in [0.29, 0.717) is 48.5 Å². The van der Waals surface area contributed by atoms with Crippen LogP contribution in [0, 0.1) is 0 Å². The fourth-order valence-corrected chi connectivity index (χ4v) is 3.72. The number of anilines is 1. The number of fused-ring (bicyclic) bond motifs is 1. The van der Waals surface area contributed by atoms with E-state index in [2.05, 4.69) is 34.5 Å². The van der Waals surface area contributed by atoms with Gasteiger partial charge in [0.25, 0.3) is 0 Å². The molecule has 0 bridgehead atoms. The second kappa shape index (κ2) is 10.3. The number of nitrogens with one attached hydrogen (secondary N) is 1. The molecule has 0 fully saturated rings. The van der Waals surface area contributed by atoms with Crippen molar-refractivity contribution in [3.63, 3.8) is 0 Å². The Morgan fingerprint density at radius 3 is 2.00 bits per heavy atom. The van der Waals surface area contributed by atoms with Crippen molar-refractivity contribution in [2.45, 2.75) is 19.5 Å². The van der Waals surface area contributed by atoms with Gasteiger partial charge in [-0.15, -0.1) is 0 Å². The predicted octanol–water partition coefficient (Wildman–Crippen LogP) is 5.14. The van der Waals surface area contributed by atoms with E-state index in [-0.39, 0.29) is 12.5 Å². The molecule has 0 aromatic heterocycles. The molecule has 0 unspecified atom stereocenters. The lowest BCUT2D eigenvalue weighted by atomic mass is 10.1. The number of rotatable bonds is 7. The second-order valence-electron chi connectivity index (χ2n) is 7.49. The van der Waals surface area contributed by atoms with Crippen LogP contribution in [0.5, 0.6) is 11.5 Å². The van der Waals surface area contributed by atoms with Crippen molar-refractivity contribution >= 4 is 23.2 Å². The Balaban J connectivity index is 1.47. The number of ether oxygens (including phenoxy) is 2. The standard InChI is InChI=1S/C25H25ClN2O3/c26-21-14-23-24(31-13-7-12-30-23)15-22(21)27-25(29)18-28(16-19-8-3-1-4-9-19)17-20-10-5-2-6-11-20/h1-6,8-11,14-15H,7,12-13,16-18H2,(H,27,29). The highest BCUT2D eigenvalue weighted by Gasteiger charge is 2.17. The Labute approximate surface area is 187 Å².